The highest BCUT2D eigenvalue weighted by Gasteiger charge is 2.09. The number of allylic oxidation sites excluding steroid dienone is 8. The molecule has 2 rings (SSSR count). The van der Waals surface area contributed by atoms with Gasteiger partial charge in [0, 0.05) is 5.92 Å². The van der Waals surface area contributed by atoms with Gasteiger partial charge in [0.15, 0.2) is 0 Å². The zero-order chi connectivity index (χ0) is 8.93. The summed E-state index contributed by atoms with van der Waals surface area (Å²) in [6, 6.07) is 0. The van der Waals surface area contributed by atoms with E-state index < -0.39 is 0 Å². The second-order valence-corrected chi connectivity index (χ2v) is 3.66. The first kappa shape index (κ1) is 8.55. The third-order valence-electron chi connectivity index (χ3n) is 2.68. The molecule has 0 unspecified atom stereocenters. The minimum atomic E-state index is 0.603. The lowest BCUT2D eigenvalue weighted by Gasteiger charge is -2.12. The predicted molar refractivity (Wildman–Crippen MR) is 57.5 cm³/mol. The van der Waals surface area contributed by atoms with Gasteiger partial charge in [-0.3, -0.25) is 0 Å². The average Bonchev–Trinajstić information content (AvgIpc) is 2.55. The van der Waals surface area contributed by atoms with Gasteiger partial charge in [-0.15, -0.1) is 0 Å². The molecule has 0 fully saturated rings. The topological polar surface area (TPSA) is 0 Å². The summed E-state index contributed by atoms with van der Waals surface area (Å²) in [4.78, 5) is 0. The van der Waals surface area contributed by atoms with Crippen LogP contribution in [0.25, 0.3) is 0 Å². The van der Waals surface area contributed by atoms with Crippen LogP contribution in [0.4, 0.5) is 0 Å². The summed E-state index contributed by atoms with van der Waals surface area (Å²) in [5, 5.41) is 0. The van der Waals surface area contributed by atoms with E-state index in [1.807, 2.05) is 0 Å². The van der Waals surface area contributed by atoms with Gasteiger partial charge in [0.1, 0.15) is 0 Å². The highest BCUT2D eigenvalue weighted by Crippen LogP contribution is 2.25. The van der Waals surface area contributed by atoms with Crippen molar-refractivity contribution >= 4 is 0 Å². The first-order valence-corrected chi connectivity index (χ1v) is 5.16. The molecule has 13 heavy (non-hydrogen) atoms. The molecule has 0 atom stereocenters. The summed E-state index contributed by atoms with van der Waals surface area (Å²) in [5.41, 5.74) is 1.61. The lowest BCUT2D eigenvalue weighted by molar-refractivity contribution is 0.818. The van der Waals surface area contributed by atoms with Crippen molar-refractivity contribution in [2.75, 3.05) is 0 Å². The summed E-state index contributed by atoms with van der Waals surface area (Å²) in [6.07, 6.45) is 20.8. The molecular weight excluding hydrogens is 156 g/mol. The summed E-state index contributed by atoms with van der Waals surface area (Å²) in [7, 11) is 0. The van der Waals surface area contributed by atoms with Crippen LogP contribution in [0.2, 0.25) is 0 Å². The molecule has 0 saturated carbocycles. The SMILES string of the molecule is C1=CC(/C2=C/CC/C=C\CC2)C=C1. The van der Waals surface area contributed by atoms with Crippen molar-refractivity contribution in [1.29, 1.82) is 0 Å². The van der Waals surface area contributed by atoms with Crippen LogP contribution < -0.4 is 0 Å². The fraction of sp³-hybridized carbons (Fsp3) is 0.385. The zero-order valence-corrected chi connectivity index (χ0v) is 7.95. The Morgan fingerprint density at radius 3 is 2.54 bits per heavy atom. The Hall–Kier alpha value is -1.04. The molecule has 2 aliphatic rings. The van der Waals surface area contributed by atoms with Crippen LogP contribution in [0.5, 0.6) is 0 Å². The number of hydrogen-bond acceptors (Lipinski definition) is 0. The molecule has 68 valence electrons. The fourth-order valence-electron chi connectivity index (χ4n) is 1.93. The molecular formula is C13H16. The van der Waals surface area contributed by atoms with Gasteiger partial charge in [-0.05, 0) is 25.7 Å². The Kier molecular flexibility index (Phi) is 2.81. The summed E-state index contributed by atoms with van der Waals surface area (Å²) < 4.78 is 0. The van der Waals surface area contributed by atoms with Gasteiger partial charge < -0.3 is 0 Å². The third kappa shape index (κ3) is 2.21. The van der Waals surface area contributed by atoms with Gasteiger partial charge in [0.05, 0.1) is 0 Å². The minimum absolute atomic E-state index is 0.603. The summed E-state index contributed by atoms with van der Waals surface area (Å²) in [6.45, 7) is 0. The predicted octanol–water partition coefficient (Wildman–Crippen LogP) is 3.79. The van der Waals surface area contributed by atoms with Crippen LogP contribution in [0.15, 0.2) is 48.1 Å². The van der Waals surface area contributed by atoms with Gasteiger partial charge >= 0.3 is 0 Å². The van der Waals surface area contributed by atoms with Crippen LogP contribution >= 0.6 is 0 Å². The maximum absolute atomic E-state index is 2.42. The van der Waals surface area contributed by atoms with Crippen molar-refractivity contribution in [3.8, 4) is 0 Å². The molecule has 0 spiro atoms. The van der Waals surface area contributed by atoms with Gasteiger partial charge in [0.25, 0.3) is 0 Å². The molecule has 0 aromatic heterocycles. The Morgan fingerprint density at radius 2 is 1.69 bits per heavy atom. The van der Waals surface area contributed by atoms with Gasteiger partial charge in [-0.1, -0.05) is 48.1 Å². The first-order chi connectivity index (χ1) is 6.47. The largest absolute Gasteiger partial charge is 0.0882 e. The van der Waals surface area contributed by atoms with Crippen molar-refractivity contribution in [2.24, 2.45) is 5.92 Å². The van der Waals surface area contributed by atoms with Crippen molar-refractivity contribution in [2.45, 2.75) is 25.7 Å². The van der Waals surface area contributed by atoms with Crippen LogP contribution in [0, 0.1) is 5.92 Å². The van der Waals surface area contributed by atoms with Crippen LogP contribution in [-0.4, -0.2) is 0 Å². The summed E-state index contributed by atoms with van der Waals surface area (Å²) >= 11 is 0. The molecule has 0 heteroatoms. The van der Waals surface area contributed by atoms with E-state index in [0.717, 1.165) is 0 Å². The van der Waals surface area contributed by atoms with Crippen molar-refractivity contribution in [1.82, 2.24) is 0 Å². The second-order valence-electron chi connectivity index (χ2n) is 3.66. The van der Waals surface area contributed by atoms with Gasteiger partial charge in [-0.25, -0.2) is 0 Å². The second kappa shape index (κ2) is 4.27. The number of rotatable bonds is 1. The van der Waals surface area contributed by atoms with E-state index in [-0.39, 0.29) is 0 Å². The van der Waals surface area contributed by atoms with E-state index in [2.05, 4.69) is 42.5 Å². The van der Waals surface area contributed by atoms with Crippen molar-refractivity contribution < 1.29 is 0 Å². The van der Waals surface area contributed by atoms with E-state index in [0.29, 0.717) is 5.92 Å². The molecule has 0 radical (unpaired) electrons. The Morgan fingerprint density at radius 1 is 0.923 bits per heavy atom. The molecule has 0 N–H and O–H groups in total. The Bertz CT molecular complexity index is 264. The molecule has 2 aliphatic carbocycles. The zero-order valence-electron chi connectivity index (χ0n) is 7.95. The van der Waals surface area contributed by atoms with Crippen LogP contribution in [0.3, 0.4) is 0 Å². The molecule has 0 aromatic carbocycles. The third-order valence-corrected chi connectivity index (χ3v) is 2.68. The van der Waals surface area contributed by atoms with Crippen molar-refractivity contribution in [3.05, 3.63) is 48.1 Å². The van der Waals surface area contributed by atoms with E-state index in [4.69, 9.17) is 0 Å². The highest BCUT2D eigenvalue weighted by atomic mass is 14.1. The van der Waals surface area contributed by atoms with Crippen LogP contribution in [-0.2, 0) is 0 Å². The summed E-state index contributed by atoms with van der Waals surface area (Å²) in [5.74, 6) is 0.603. The lowest BCUT2D eigenvalue weighted by atomic mass is 9.93. The average molecular weight is 172 g/mol. The van der Waals surface area contributed by atoms with E-state index in [1.54, 1.807) is 5.57 Å². The highest BCUT2D eigenvalue weighted by molar-refractivity contribution is 5.29. The monoisotopic (exact) mass is 172 g/mol. The van der Waals surface area contributed by atoms with Crippen molar-refractivity contribution in [3.63, 3.8) is 0 Å². The molecule has 0 heterocycles. The maximum Gasteiger partial charge on any atom is 0.0163 e. The standard InChI is InChI=1S/C13H16/c1-2-4-8-12(9-5-3-1)13-10-6-7-11-13/h1-2,6-7,9-11,13H,3-5,8H2/b2-1-,12-9+. The van der Waals surface area contributed by atoms with E-state index >= 15 is 0 Å². The molecule has 0 saturated heterocycles. The lowest BCUT2D eigenvalue weighted by Crippen LogP contribution is -1.96. The fourth-order valence-corrected chi connectivity index (χ4v) is 1.93. The van der Waals surface area contributed by atoms with Gasteiger partial charge in [-0.2, -0.15) is 0 Å². The molecule has 0 aliphatic heterocycles. The molecule has 0 bridgehead atoms. The molecule has 0 nitrogen and oxygen atoms in total. The first-order valence-electron chi connectivity index (χ1n) is 5.16. The normalized spacial score (nSPS) is 29.4. The number of hydrogen-bond donors (Lipinski definition) is 0. The van der Waals surface area contributed by atoms with E-state index in [9.17, 15) is 0 Å². The Balaban J connectivity index is 2.04. The molecule has 0 amide bonds. The quantitative estimate of drug-likeness (QED) is 0.528. The van der Waals surface area contributed by atoms with E-state index in [1.165, 1.54) is 25.7 Å². The smallest absolute Gasteiger partial charge is 0.0163 e. The van der Waals surface area contributed by atoms with Crippen LogP contribution in [0.1, 0.15) is 25.7 Å². The van der Waals surface area contributed by atoms with Gasteiger partial charge in [0.2, 0.25) is 0 Å². The minimum Gasteiger partial charge on any atom is -0.0882 e. The molecule has 0 aromatic rings. The maximum atomic E-state index is 2.42. The Labute approximate surface area is 80.3 Å².